The highest BCUT2D eigenvalue weighted by Gasteiger charge is 2.58. The number of carbonyl (C=O) groups excluding carboxylic acids is 1. The maximum Gasteiger partial charge on any atom is 0.253 e. The molecule has 2 heterocycles. The molecule has 0 aliphatic carbocycles. The third kappa shape index (κ3) is 2.17. The van der Waals surface area contributed by atoms with E-state index in [-0.39, 0.29) is 17.6 Å². The summed E-state index contributed by atoms with van der Waals surface area (Å²) in [6, 6.07) is 7.53. The Bertz CT molecular complexity index is 600. The number of rotatable bonds is 1. The molecule has 1 spiro atoms. The molecule has 4 nitrogen and oxygen atoms in total. The number of nitriles is 1. The van der Waals surface area contributed by atoms with Crippen LogP contribution in [0, 0.1) is 18.3 Å². The van der Waals surface area contributed by atoms with E-state index < -0.39 is 0 Å². The van der Waals surface area contributed by atoms with E-state index in [0.717, 1.165) is 18.4 Å². The van der Waals surface area contributed by atoms with Crippen LogP contribution in [0.1, 0.15) is 28.8 Å². The van der Waals surface area contributed by atoms with Crippen molar-refractivity contribution in [3.05, 3.63) is 34.3 Å². The maximum absolute atomic E-state index is 12.4. The monoisotopic (exact) mass is 290 g/mol. The molecular weight excluding hydrogens is 276 g/mol. The number of carbonyl (C=O) groups is 1. The molecule has 2 fully saturated rings. The smallest absolute Gasteiger partial charge is 0.253 e. The molecule has 1 amide bonds. The summed E-state index contributed by atoms with van der Waals surface area (Å²) >= 11 is 6.06. The Morgan fingerprint density at radius 1 is 1.50 bits per heavy atom. The van der Waals surface area contributed by atoms with Crippen molar-refractivity contribution in [2.45, 2.75) is 31.5 Å². The Labute approximate surface area is 122 Å². The molecule has 0 N–H and O–H groups in total. The van der Waals surface area contributed by atoms with Gasteiger partial charge in [0.1, 0.15) is 5.60 Å². The fourth-order valence-corrected chi connectivity index (χ4v) is 2.90. The van der Waals surface area contributed by atoms with Crippen LogP contribution in [-0.2, 0) is 4.74 Å². The number of hydrogen-bond acceptors (Lipinski definition) is 3. The highest BCUT2D eigenvalue weighted by atomic mass is 35.5. The molecular formula is C15H15ClN2O2. The normalized spacial score (nSPS) is 23.4. The summed E-state index contributed by atoms with van der Waals surface area (Å²) in [6.07, 6.45) is 1.18. The van der Waals surface area contributed by atoms with Crippen molar-refractivity contribution in [2.24, 2.45) is 0 Å². The van der Waals surface area contributed by atoms with Crippen LogP contribution in [0.2, 0.25) is 5.02 Å². The minimum Gasteiger partial charge on any atom is -0.350 e. The molecule has 20 heavy (non-hydrogen) atoms. The van der Waals surface area contributed by atoms with Crippen LogP contribution in [0.15, 0.2) is 18.2 Å². The average Bonchev–Trinajstić information content (AvgIpc) is 3.15. The molecule has 5 heteroatoms. The number of piperidine rings is 1. The lowest BCUT2D eigenvalue weighted by molar-refractivity contribution is 0.0663. The number of benzene rings is 1. The van der Waals surface area contributed by atoms with E-state index in [0.29, 0.717) is 23.7 Å². The van der Waals surface area contributed by atoms with Crippen LogP contribution in [0.5, 0.6) is 0 Å². The Morgan fingerprint density at radius 3 is 2.75 bits per heavy atom. The number of nitrogens with zero attached hydrogens (tertiary/aromatic N) is 2. The first-order valence-corrected chi connectivity index (χ1v) is 7.06. The molecule has 0 bridgehead atoms. The molecule has 104 valence electrons. The van der Waals surface area contributed by atoms with Gasteiger partial charge in [-0.05, 0) is 37.5 Å². The first-order chi connectivity index (χ1) is 9.55. The van der Waals surface area contributed by atoms with Gasteiger partial charge in [-0.15, -0.1) is 0 Å². The van der Waals surface area contributed by atoms with Crippen molar-refractivity contribution in [1.29, 1.82) is 5.26 Å². The summed E-state index contributed by atoms with van der Waals surface area (Å²) in [5, 5.41) is 9.47. The van der Waals surface area contributed by atoms with Gasteiger partial charge in [-0.25, -0.2) is 0 Å². The Balaban J connectivity index is 1.68. The maximum atomic E-state index is 12.4. The van der Waals surface area contributed by atoms with Crippen molar-refractivity contribution in [2.75, 3.05) is 13.1 Å². The fourth-order valence-electron chi connectivity index (χ4n) is 2.72. The lowest BCUT2D eigenvalue weighted by atomic mass is 9.93. The van der Waals surface area contributed by atoms with E-state index in [9.17, 15) is 4.79 Å². The molecule has 0 aromatic heterocycles. The summed E-state index contributed by atoms with van der Waals surface area (Å²) in [7, 11) is 0. The minimum absolute atomic E-state index is 0.00379. The van der Waals surface area contributed by atoms with Crippen molar-refractivity contribution in [1.82, 2.24) is 4.90 Å². The number of likely N-dealkylation sites (tertiary alicyclic amines) is 1. The molecule has 2 aliphatic rings. The van der Waals surface area contributed by atoms with E-state index in [1.54, 1.807) is 12.1 Å². The van der Waals surface area contributed by atoms with Gasteiger partial charge in [0.2, 0.25) is 0 Å². The molecule has 0 radical (unpaired) electrons. The second-order valence-electron chi connectivity index (χ2n) is 5.45. The van der Waals surface area contributed by atoms with Gasteiger partial charge in [-0.2, -0.15) is 5.26 Å². The summed E-state index contributed by atoms with van der Waals surface area (Å²) in [5.74, 6) is -0.00379. The number of ether oxygens (including phenoxy) is 1. The van der Waals surface area contributed by atoms with Gasteiger partial charge in [0.15, 0.2) is 6.10 Å². The summed E-state index contributed by atoms with van der Waals surface area (Å²) < 4.78 is 5.44. The predicted molar refractivity (Wildman–Crippen MR) is 74.5 cm³/mol. The van der Waals surface area contributed by atoms with Crippen molar-refractivity contribution in [3.8, 4) is 6.07 Å². The second kappa shape index (κ2) is 4.76. The van der Waals surface area contributed by atoms with Crippen LogP contribution >= 0.6 is 11.6 Å². The minimum atomic E-state index is -0.284. The third-order valence-electron chi connectivity index (χ3n) is 4.21. The quantitative estimate of drug-likeness (QED) is 0.747. The number of epoxide rings is 1. The van der Waals surface area contributed by atoms with Crippen LogP contribution in [-0.4, -0.2) is 35.6 Å². The average molecular weight is 291 g/mol. The summed E-state index contributed by atoms with van der Waals surface area (Å²) in [4.78, 5) is 14.2. The van der Waals surface area contributed by atoms with E-state index in [1.807, 2.05) is 17.9 Å². The van der Waals surface area contributed by atoms with Crippen molar-refractivity contribution >= 4 is 17.5 Å². The molecule has 3 rings (SSSR count). The number of aryl methyl sites for hydroxylation is 1. The van der Waals surface area contributed by atoms with E-state index in [1.165, 1.54) is 0 Å². The molecule has 2 saturated heterocycles. The Hall–Kier alpha value is -1.57. The zero-order chi connectivity index (χ0) is 14.3. The summed E-state index contributed by atoms with van der Waals surface area (Å²) in [5.41, 5.74) is 1.30. The van der Waals surface area contributed by atoms with Crippen LogP contribution < -0.4 is 0 Å². The van der Waals surface area contributed by atoms with Gasteiger partial charge in [-0.3, -0.25) is 4.79 Å². The van der Waals surface area contributed by atoms with Gasteiger partial charge in [0, 0.05) is 23.7 Å². The highest BCUT2D eigenvalue weighted by molar-refractivity contribution is 6.31. The van der Waals surface area contributed by atoms with Crippen LogP contribution in [0.25, 0.3) is 0 Å². The second-order valence-corrected chi connectivity index (χ2v) is 5.86. The molecule has 1 atom stereocenters. The first kappa shape index (κ1) is 13.4. The lowest BCUT2D eigenvalue weighted by Gasteiger charge is -2.30. The molecule has 2 aliphatic heterocycles. The molecule has 1 unspecified atom stereocenters. The zero-order valence-electron chi connectivity index (χ0n) is 11.2. The third-order valence-corrected chi connectivity index (χ3v) is 4.61. The number of halogens is 1. The predicted octanol–water partition coefficient (Wildman–Crippen LogP) is 2.55. The largest absolute Gasteiger partial charge is 0.350 e. The van der Waals surface area contributed by atoms with Gasteiger partial charge in [0.05, 0.1) is 6.07 Å². The fraction of sp³-hybridized carbons (Fsp3) is 0.467. The Morgan fingerprint density at radius 2 is 2.20 bits per heavy atom. The number of hydrogen-bond donors (Lipinski definition) is 0. The zero-order valence-corrected chi connectivity index (χ0v) is 12.0. The molecule has 0 saturated carbocycles. The van der Waals surface area contributed by atoms with Gasteiger partial charge in [0.25, 0.3) is 5.91 Å². The van der Waals surface area contributed by atoms with Gasteiger partial charge >= 0.3 is 0 Å². The number of amides is 1. The van der Waals surface area contributed by atoms with Gasteiger partial charge in [-0.1, -0.05) is 17.7 Å². The van der Waals surface area contributed by atoms with E-state index >= 15 is 0 Å². The Kier molecular flexibility index (Phi) is 3.19. The van der Waals surface area contributed by atoms with Gasteiger partial charge < -0.3 is 9.64 Å². The lowest BCUT2D eigenvalue weighted by Crippen LogP contribution is -2.42. The van der Waals surface area contributed by atoms with E-state index in [4.69, 9.17) is 21.6 Å². The van der Waals surface area contributed by atoms with E-state index in [2.05, 4.69) is 6.07 Å². The van der Waals surface area contributed by atoms with Crippen molar-refractivity contribution < 1.29 is 9.53 Å². The highest BCUT2D eigenvalue weighted by Crippen LogP contribution is 2.44. The SMILES string of the molecule is Cc1ccc(C(=O)N2CCC3(CC2)OC3C#N)cc1Cl. The van der Waals surface area contributed by atoms with Crippen LogP contribution in [0.3, 0.4) is 0 Å². The topological polar surface area (TPSA) is 56.6 Å². The molecule has 1 aromatic rings. The first-order valence-electron chi connectivity index (χ1n) is 6.69. The van der Waals surface area contributed by atoms with Crippen LogP contribution in [0.4, 0.5) is 0 Å². The van der Waals surface area contributed by atoms with Crippen molar-refractivity contribution in [3.63, 3.8) is 0 Å². The standard InChI is InChI=1S/C15H15ClN2O2/c1-10-2-3-11(8-12(10)16)14(19)18-6-4-15(5-7-18)13(9-17)20-15/h2-3,8,13H,4-7H2,1H3. The summed E-state index contributed by atoms with van der Waals surface area (Å²) in [6.45, 7) is 3.17. The molecule has 1 aromatic carbocycles.